The van der Waals surface area contributed by atoms with E-state index in [1.807, 2.05) is 24.3 Å². The van der Waals surface area contributed by atoms with E-state index in [9.17, 15) is 4.39 Å². The molecule has 0 aliphatic carbocycles. The number of anilines is 1. The van der Waals surface area contributed by atoms with E-state index in [0.717, 1.165) is 29.3 Å². The van der Waals surface area contributed by atoms with Crippen molar-refractivity contribution in [1.82, 2.24) is 0 Å². The molecule has 126 valence electrons. The Morgan fingerprint density at radius 3 is 2.75 bits per heavy atom. The van der Waals surface area contributed by atoms with Crippen molar-refractivity contribution >= 4 is 21.6 Å². The lowest BCUT2D eigenvalue weighted by molar-refractivity contribution is -0.0942. The van der Waals surface area contributed by atoms with Crippen LogP contribution in [0, 0.1) is 11.7 Å². The normalized spacial score (nSPS) is 28.6. The molecule has 2 aromatic rings. The third kappa shape index (κ3) is 2.76. The molecule has 4 heteroatoms. The van der Waals surface area contributed by atoms with Gasteiger partial charge in [-0.2, -0.15) is 0 Å². The molecular formula is C20H21BrFNO. The average molecular weight is 390 g/mol. The first-order valence-corrected chi connectivity index (χ1v) is 9.42. The van der Waals surface area contributed by atoms with Gasteiger partial charge in [-0.15, -0.1) is 0 Å². The topological polar surface area (TPSA) is 21.3 Å². The summed E-state index contributed by atoms with van der Waals surface area (Å²) < 4.78 is 21.8. The van der Waals surface area contributed by atoms with Crippen molar-refractivity contribution in [3.05, 3.63) is 63.9 Å². The Morgan fingerprint density at radius 1 is 1.21 bits per heavy atom. The molecule has 0 amide bonds. The fourth-order valence-corrected chi connectivity index (χ4v) is 4.52. The van der Waals surface area contributed by atoms with Crippen molar-refractivity contribution < 1.29 is 9.13 Å². The van der Waals surface area contributed by atoms with Crippen LogP contribution in [0.15, 0.2) is 46.9 Å². The summed E-state index contributed by atoms with van der Waals surface area (Å²) in [6.07, 6.45) is 3.35. The molecule has 1 saturated heterocycles. The lowest BCUT2D eigenvalue weighted by Crippen LogP contribution is -2.39. The summed E-state index contributed by atoms with van der Waals surface area (Å²) in [6, 6.07) is 13.9. The van der Waals surface area contributed by atoms with Gasteiger partial charge in [0.25, 0.3) is 0 Å². The molecule has 24 heavy (non-hydrogen) atoms. The molecule has 0 bridgehead atoms. The van der Waals surface area contributed by atoms with Crippen molar-refractivity contribution in [2.75, 3.05) is 5.32 Å². The number of hydrogen-bond acceptors (Lipinski definition) is 2. The third-order valence-electron chi connectivity index (χ3n) is 5.28. The Labute approximate surface area is 150 Å². The Kier molecular flexibility index (Phi) is 4.35. The molecule has 2 aromatic carbocycles. The highest BCUT2D eigenvalue weighted by atomic mass is 79.9. The van der Waals surface area contributed by atoms with E-state index in [0.29, 0.717) is 11.6 Å². The van der Waals surface area contributed by atoms with Crippen LogP contribution < -0.4 is 5.32 Å². The summed E-state index contributed by atoms with van der Waals surface area (Å²) in [4.78, 5) is 0. The first kappa shape index (κ1) is 16.1. The molecule has 1 N–H and O–H groups in total. The Balaban J connectivity index is 1.80. The summed E-state index contributed by atoms with van der Waals surface area (Å²) in [6.45, 7) is 2.16. The lowest BCUT2D eigenvalue weighted by atomic mass is 9.76. The van der Waals surface area contributed by atoms with E-state index in [1.54, 1.807) is 0 Å². The number of nitrogens with one attached hydrogen (secondary N) is 1. The van der Waals surface area contributed by atoms with Gasteiger partial charge in [-0.3, -0.25) is 0 Å². The van der Waals surface area contributed by atoms with Crippen molar-refractivity contribution in [2.24, 2.45) is 5.92 Å². The monoisotopic (exact) mass is 389 g/mol. The lowest BCUT2D eigenvalue weighted by Gasteiger charge is -2.45. The van der Waals surface area contributed by atoms with E-state index in [2.05, 4.69) is 40.3 Å². The molecular weight excluding hydrogens is 369 g/mol. The van der Waals surface area contributed by atoms with Crippen LogP contribution in [0.5, 0.6) is 0 Å². The molecule has 0 spiro atoms. The van der Waals surface area contributed by atoms with Gasteiger partial charge in [0.2, 0.25) is 0 Å². The maximum atomic E-state index is 14.6. The van der Waals surface area contributed by atoms with Crippen LogP contribution in [0.3, 0.4) is 0 Å². The molecule has 0 radical (unpaired) electrons. The fourth-order valence-electron chi connectivity index (χ4n) is 4.08. The molecule has 0 aromatic heterocycles. The van der Waals surface area contributed by atoms with Gasteiger partial charge in [0.05, 0.1) is 23.9 Å². The Morgan fingerprint density at radius 2 is 2.00 bits per heavy atom. The van der Waals surface area contributed by atoms with Crippen LogP contribution in [-0.2, 0) is 4.74 Å². The third-order valence-corrected chi connectivity index (χ3v) is 5.74. The average Bonchev–Trinajstić information content (AvgIpc) is 2.61. The van der Waals surface area contributed by atoms with Gasteiger partial charge < -0.3 is 10.1 Å². The van der Waals surface area contributed by atoms with Gasteiger partial charge >= 0.3 is 0 Å². The summed E-state index contributed by atoms with van der Waals surface area (Å²) in [5.41, 5.74) is 2.72. The van der Waals surface area contributed by atoms with Crippen molar-refractivity contribution in [3.8, 4) is 0 Å². The van der Waals surface area contributed by atoms with Gasteiger partial charge in [0.1, 0.15) is 5.82 Å². The second-order valence-electron chi connectivity index (χ2n) is 6.71. The summed E-state index contributed by atoms with van der Waals surface area (Å²) >= 11 is 3.43. The van der Waals surface area contributed by atoms with E-state index < -0.39 is 0 Å². The number of rotatable bonds is 2. The minimum atomic E-state index is -0.221. The van der Waals surface area contributed by atoms with Gasteiger partial charge in [-0.1, -0.05) is 53.2 Å². The summed E-state index contributed by atoms with van der Waals surface area (Å²) in [5, 5.41) is 3.46. The van der Waals surface area contributed by atoms with Gasteiger partial charge in [0, 0.05) is 16.0 Å². The number of ether oxygens (including phenoxy) is 1. The number of hydrogen-bond donors (Lipinski definition) is 1. The summed E-state index contributed by atoms with van der Waals surface area (Å²) in [7, 11) is 0. The molecule has 0 saturated carbocycles. The second kappa shape index (κ2) is 6.49. The van der Waals surface area contributed by atoms with Crippen LogP contribution in [0.1, 0.15) is 49.5 Å². The summed E-state index contributed by atoms with van der Waals surface area (Å²) in [5.74, 6) is 0.0948. The van der Waals surface area contributed by atoms with Crippen molar-refractivity contribution in [3.63, 3.8) is 0 Å². The first-order valence-electron chi connectivity index (χ1n) is 8.63. The molecule has 1 fully saturated rings. The zero-order valence-corrected chi connectivity index (χ0v) is 15.2. The standard InChI is InChI=1S/C20H21BrFNO/c1-2-14-8-9-15-18(12-6-4-3-5-7-12)23-19-16(20(15)24-14)10-13(21)11-17(19)22/h3-7,10-11,14-15,18,20,23H,2,8-9H2,1H3/t14-,15-,18-,20-/m0/s1. The van der Waals surface area contributed by atoms with E-state index in [4.69, 9.17) is 4.74 Å². The highest BCUT2D eigenvalue weighted by Gasteiger charge is 2.42. The maximum absolute atomic E-state index is 14.6. The van der Waals surface area contributed by atoms with Crippen LogP contribution >= 0.6 is 15.9 Å². The minimum absolute atomic E-state index is 0.0582. The molecule has 2 aliphatic rings. The number of benzene rings is 2. The Bertz CT molecular complexity index is 736. The van der Waals surface area contributed by atoms with Crippen LogP contribution in [0.2, 0.25) is 0 Å². The molecule has 0 unspecified atom stereocenters. The van der Waals surface area contributed by atoms with E-state index in [1.165, 1.54) is 11.6 Å². The first-order chi connectivity index (χ1) is 11.7. The largest absolute Gasteiger partial charge is 0.375 e. The van der Waals surface area contributed by atoms with Gasteiger partial charge in [0.15, 0.2) is 0 Å². The Hall–Kier alpha value is -1.39. The van der Waals surface area contributed by atoms with Crippen LogP contribution in [0.25, 0.3) is 0 Å². The van der Waals surface area contributed by atoms with E-state index >= 15 is 0 Å². The van der Waals surface area contributed by atoms with Gasteiger partial charge in [-0.25, -0.2) is 4.39 Å². The SMILES string of the molecule is CC[C@H]1CC[C@@H]2[C@H](O1)c1cc(Br)cc(F)c1N[C@H]2c1ccccc1. The van der Waals surface area contributed by atoms with E-state index in [-0.39, 0.29) is 24.1 Å². The van der Waals surface area contributed by atoms with Gasteiger partial charge in [-0.05, 0) is 37.0 Å². The predicted octanol–water partition coefficient (Wildman–Crippen LogP) is 6.00. The molecule has 2 heterocycles. The number of halogens is 2. The highest BCUT2D eigenvalue weighted by Crippen LogP contribution is 2.51. The van der Waals surface area contributed by atoms with Crippen LogP contribution in [-0.4, -0.2) is 6.10 Å². The quantitative estimate of drug-likeness (QED) is 0.679. The van der Waals surface area contributed by atoms with Crippen molar-refractivity contribution in [1.29, 1.82) is 0 Å². The predicted molar refractivity (Wildman–Crippen MR) is 97.5 cm³/mol. The van der Waals surface area contributed by atoms with Crippen molar-refractivity contribution in [2.45, 2.75) is 44.4 Å². The highest BCUT2D eigenvalue weighted by molar-refractivity contribution is 9.10. The minimum Gasteiger partial charge on any atom is -0.375 e. The smallest absolute Gasteiger partial charge is 0.147 e. The molecule has 4 atom stereocenters. The number of fused-ring (bicyclic) bond motifs is 3. The second-order valence-corrected chi connectivity index (χ2v) is 7.63. The van der Waals surface area contributed by atoms with Crippen LogP contribution in [0.4, 0.5) is 10.1 Å². The fraction of sp³-hybridized carbons (Fsp3) is 0.400. The maximum Gasteiger partial charge on any atom is 0.147 e. The molecule has 2 nitrogen and oxygen atoms in total. The zero-order chi connectivity index (χ0) is 16.7. The molecule has 2 aliphatic heterocycles. The molecule has 4 rings (SSSR count). The zero-order valence-electron chi connectivity index (χ0n) is 13.6.